The molecule has 0 atom stereocenters. The number of pyridine rings is 2. The number of anilines is 3. The Labute approximate surface area is 203 Å². The summed E-state index contributed by atoms with van der Waals surface area (Å²) in [5, 5.41) is 7.74. The monoisotopic (exact) mass is 495 g/mol. The number of aromatic nitrogens is 4. The van der Waals surface area contributed by atoms with Crippen LogP contribution in [0.3, 0.4) is 0 Å². The SMILES string of the molecule is CNc1nccc(-c2cccnc2Oc2ccc(NC(=O)Nc3cc(C(F)(F)F)ccn3)cc2C)n1. The molecule has 1 aromatic carbocycles. The summed E-state index contributed by atoms with van der Waals surface area (Å²) in [5.41, 5.74) is 1.45. The van der Waals surface area contributed by atoms with Crippen molar-refractivity contribution in [3.8, 4) is 22.9 Å². The number of rotatable bonds is 6. The number of halogens is 3. The molecule has 0 radical (unpaired) electrons. The normalized spacial score (nSPS) is 11.0. The van der Waals surface area contributed by atoms with E-state index in [1.807, 2.05) is 6.07 Å². The van der Waals surface area contributed by atoms with Gasteiger partial charge in [-0.15, -0.1) is 0 Å². The van der Waals surface area contributed by atoms with Crippen LogP contribution in [0.2, 0.25) is 0 Å². The molecule has 3 N–H and O–H groups in total. The van der Waals surface area contributed by atoms with E-state index in [1.165, 1.54) is 0 Å². The first kappa shape index (κ1) is 24.4. The van der Waals surface area contributed by atoms with Crippen molar-refractivity contribution in [1.29, 1.82) is 0 Å². The Balaban J connectivity index is 1.47. The fourth-order valence-electron chi connectivity index (χ4n) is 3.20. The Hall–Kier alpha value is -4.74. The molecule has 3 aromatic heterocycles. The first-order chi connectivity index (χ1) is 17.2. The number of benzene rings is 1. The van der Waals surface area contributed by atoms with E-state index in [1.54, 1.807) is 56.7 Å². The number of hydrogen-bond donors (Lipinski definition) is 3. The van der Waals surface area contributed by atoms with Crippen molar-refractivity contribution in [3.63, 3.8) is 0 Å². The minimum atomic E-state index is -4.54. The van der Waals surface area contributed by atoms with Gasteiger partial charge in [-0.2, -0.15) is 13.2 Å². The molecule has 36 heavy (non-hydrogen) atoms. The van der Waals surface area contributed by atoms with Crippen LogP contribution >= 0.6 is 0 Å². The second-order valence-corrected chi connectivity index (χ2v) is 7.46. The van der Waals surface area contributed by atoms with Gasteiger partial charge in [0.15, 0.2) is 0 Å². The summed E-state index contributed by atoms with van der Waals surface area (Å²) < 4.78 is 44.6. The van der Waals surface area contributed by atoms with Gasteiger partial charge in [-0.05, 0) is 61.0 Å². The fraction of sp³-hybridized carbons (Fsp3) is 0.125. The topological polar surface area (TPSA) is 114 Å². The quantitative estimate of drug-likeness (QED) is 0.313. The molecule has 0 fully saturated rings. The van der Waals surface area contributed by atoms with E-state index in [4.69, 9.17) is 4.74 Å². The third-order valence-corrected chi connectivity index (χ3v) is 4.89. The van der Waals surface area contributed by atoms with E-state index in [2.05, 4.69) is 35.9 Å². The molecule has 0 unspecified atom stereocenters. The van der Waals surface area contributed by atoms with E-state index >= 15 is 0 Å². The lowest BCUT2D eigenvalue weighted by molar-refractivity contribution is -0.137. The van der Waals surface area contributed by atoms with Crippen molar-refractivity contribution in [3.05, 3.63) is 78.2 Å². The highest BCUT2D eigenvalue weighted by molar-refractivity contribution is 5.99. The summed E-state index contributed by atoms with van der Waals surface area (Å²) in [4.78, 5) is 28.9. The molecule has 4 aromatic rings. The molecule has 12 heteroatoms. The molecule has 184 valence electrons. The van der Waals surface area contributed by atoms with Crippen molar-refractivity contribution in [2.45, 2.75) is 13.1 Å². The van der Waals surface area contributed by atoms with E-state index < -0.39 is 17.8 Å². The minimum absolute atomic E-state index is 0.229. The van der Waals surface area contributed by atoms with Crippen molar-refractivity contribution in [2.24, 2.45) is 0 Å². The maximum Gasteiger partial charge on any atom is 0.416 e. The zero-order chi connectivity index (χ0) is 25.7. The Morgan fingerprint density at radius 3 is 2.50 bits per heavy atom. The van der Waals surface area contributed by atoms with Gasteiger partial charge >= 0.3 is 12.2 Å². The van der Waals surface area contributed by atoms with E-state index in [-0.39, 0.29) is 5.82 Å². The van der Waals surface area contributed by atoms with Crippen LogP contribution in [0, 0.1) is 6.92 Å². The number of hydrogen-bond acceptors (Lipinski definition) is 7. The molecular weight excluding hydrogens is 475 g/mol. The molecule has 0 bridgehead atoms. The van der Waals surface area contributed by atoms with E-state index in [9.17, 15) is 18.0 Å². The number of nitrogens with one attached hydrogen (secondary N) is 3. The second-order valence-electron chi connectivity index (χ2n) is 7.46. The first-order valence-electron chi connectivity index (χ1n) is 10.6. The van der Waals surface area contributed by atoms with Gasteiger partial charge in [0.1, 0.15) is 11.6 Å². The van der Waals surface area contributed by atoms with E-state index in [0.717, 1.165) is 18.3 Å². The standard InChI is InChI=1S/C24H20F3N7O2/c1-14-12-16(32-23(35)34-20-13-15(7-10-29-20)24(25,26)27)5-6-19(14)36-21-17(4-3-9-30-21)18-8-11-31-22(28-2)33-18/h3-13H,1-2H3,(H,28,31,33)(H2,29,32,34,35). The molecule has 0 saturated heterocycles. The van der Waals surface area contributed by atoms with Crippen molar-refractivity contribution in [1.82, 2.24) is 19.9 Å². The van der Waals surface area contributed by atoms with Gasteiger partial charge in [-0.3, -0.25) is 5.32 Å². The third-order valence-electron chi connectivity index (χ3n) is 4.89. The van der Waals surface area contributed by atoms with Gasteiger partial charge in [0.05, 0.1) is 16.8 Å². The van der Waals surface area contributed by atoms with Crippen LogP contribution in [0.1, 0.15) is 11.1 Å². The molecule has 0 spiro atoms. The lowest BCUT2D eigenvalue weighted by Gasteiger charge is -2.13. The molecule has 0 saturated carbocycles. The van der Waals surface area contributed by atoms with Crippen LogP contribution in [-0.2, 0) is 6.18 Å². The average molecular weight is 495 g/mol. The lowest BCUT2D eigenvalue weighted by Crippen LogP contribution is -2.20. The number of aryl methyl sites for hydroxylation is 1. The Bertz CT molecular complexity index is 1400. The molecule has 3 heterocycles. The molecule has 0 aliphatic carbocycles. The molecule has 0 aliphatic heterocycles. The smallest absolute Gasteiger partial charge is 0.416 e. The maximum atomic E-state index is 12.9. The zero-order valence-corrected chi connectivity index (χ0v) is 19.1. The summed E-state index contributed by atoms with van der Waals surface area (Å²) in [5.74, 6) is 1.04. The predicted molar refractivity (Wildman–Crippen MR) is 128 cm³/mol. The average Bonchev–Trinajstić information content (AvgIpc) is 2.85. The highest BCUT2D eigenvalue weighted by Crippen LogP contribution is 2.33. The Morgan fingerprint density at radius 2 is 1.75 bits per heavy atom. The number of carbonyl (C=O) groups excluding carboxylic acids is 1. The molecule has 2 amide bonds. The number of amides is 2. The highest BCUT2D eigenvalue weighted by Gasteiger charge is 2.30. The minimum Gasteiger partial charge on any atom is -0.438 e. The number of ether oxygens (including phenoxy) is 1. The summed E-state index contributed by atoms with van der Waals surface area (Å²) in [6.07, 6.45) is -0.354. The predicted octanol–water partition coefficient (Wildman–Crippen LogP) is 5.74. The summed E-state index contributed by atoms with van der Waals surface area (Å²) in [6.45, 7) is 1.78. The summed E-state index contributed by atoms with van der Waals surface area (Å²) in [6, 6.07) is 11.0. The van der Waals surface area contributed by atoms with Crippen LogP contribution in [0.4, 0.5) is 35.4 Å². The maximum absolute atomic E-state index is 12.9. The third kappa shape index (κ3) is 5.84. The van der Waals surface area contributed by atoms with Gasteiger partial charge in [-0.25, -0.2) is 24.7 Å². The van der Waals surface area contributed by atoms with Crippen LogP contribution in [0.15, 0.2) is 67.1 Å². The number of nitrogens with zero attached hydrogens (tertiary/aromatic N) is 4. The van der Waals surface area contributed by atoms with Gasteiger partial charge in [0, 0.05) is 31.3 Å². The van der Waals surface area contributed by atoms with Gasteiger partial charge in [0.25, 0.3) is 0 Å². The largest absolute Gasteiger partial charge is 0.438 e. The Morgan fingerprint density at radius 1 is 0.944 bits per heavy atom. The van der Waals surface area contributed by atoms with Gasteiger partial charge < -0.3 is 15.4 Å². The highest BCUT2D eigenvalue weighted by atomic mass is 19.4. The van der Waals surface area contributed by atoms with Crippen molar-refractivity contribution in [2.75, 3.05) is 23.0 Å². The van der Waals surface area contributed by atoms with Crippen LogP contribution in [0.25, 0.3) is 11.3 Å². The number of urea groups is 1. The van der Waals surface area contributed by atoms with Crippen molar-refractivity contribution >= 4 is 23.5 Å². The van der Waals surface area contributed by atoms with Gasteiger partial charge in [0.2, 0.25) is 11.8 Å². The van der Waals surface area contributed by atoms with Crippen molar-refractivity contribution < 1.29 is 22.7 Å². The first-order valence-corrected chi connectivity index (χ1v) is 10.6. The Kier molecular flexibility index (Phi) is 6.95. The molecule has 4 rings (SSSR count). The molecule has 9 nitrogen and oxygen atoms in total. The fourth-order valence-corrected chi connectivity index (χ4v) is 3.20. The molecular formula is C24H20F3N7O2. The summed E-state index contributed by atoms with van der Waals surface area (Å²) >= 11 is 0. The van der Waals surface area contributed by atoms with Crippen LogP contribution < -0.4 is 20.7 Å². The zero-order valence-electron chi connectivity index (χ0n) is 19.1. The number of carbonyl (C=O) groups is 1. The van der Waals surface area contributed by atoms with Crippen LogP contribution in [-0.4, -0.2) is 33.0 Å². The summed E-state index contributed by atoms with van der Waals surface area (Å²) in [7, 11) is 1.72. The van der Waals surface area contributed by atoms with Crippen LogP contribution in [0.5, 0.6) is 11.6 Å². The second kappa shape index (κ2) is 10.3. The van der Waals surface area contributed by atoms with E-state index in [0.29, 0.717) is 40.1 Å². The molecule has 0 aliphatic rings. The van der Waals surface area contributed by atoms with Gasteiger partial charge in [-0.1, -0.05) is 0 Å². The number of alkyl halides is 3. The lowest BCUT2D eigenvalue weighted by atomic mass is 10.2.